The molecule has 0 radical (unpaired) electrons. The number of morpholine rings is 1. The van der Waals surface area contributed by atoms with Crippen LogP contribution >= 0.6 is 15.9 Å². The van der Waals surface area contributed by atoms with Gasteiger partial charge in [0.15, 0.2) is 0 Å². The van der Waals surface area contributed by atoms with Crippen LogP contribution in [0.1, 0.15) is 28.6 Å². The summed E-state index contributed by atoms with van der Waals surface area (Å²) in [5.41, 5.74) is 2.21. The van der Waals surface area contributed by atoms with E-state index >= 15 is 0 Å². The molecule has 23 heavy (non-hydrogen) atoms. The summed E-state index contributed by atoms with van der Waals surface area (Å²) in [6, 6.07) is 3.86. The molecule has 1 aliphatic heterocycles. The molecule has 1 aliphatic rings. The molecule has 1 atom stereocenters. The summed E-state index contributed by atoms with van der Waals surface area (Å²) in [5, 5.41) is 4.11. The van der Waals surface area contributed by atoms with Gasteiger partial charge in [-0.05, 0) is 24.1 Å². The van der Waals surface area contributed by atoms with Gasteiger partial charge in [-0.2, -0.15) is 0 Å². The van der Waals surface area contributed by atoms with Gasteiger partial charge >= 0.3 is 5.97 Å². The van der Waals surface area contributed by atoms with Crippen molar-refractivity contribution in [3.8, 4) is 0 Å². The maximum Gasteiger partial charge on any atom is 0.338 e. The van der Waals surface area contributed by atoms with Gasteiger partial charge in [-0.1, -0.05) is 22.9 Å². The highest BCUT2D eigenvalue weighted by Crippen LogP contribution is 2.33. The van der Waals surface area contributed by atoms with Crippen LogP contribution in [-0.4, -0.2) is 38.9 Å². The van der Waals surface area contributed by atoms with Crippen LogP contribution in [0.4, 0.5) is 0 Å². The monoisotopic (exact) mass is 381 g/mol. The normalized spacial score (nSPS) is 18.3. The van der Waals surface area contributed by atoms with Crippen molar-refractivity contribution in [2.75, 3.05) is 26.8 Å². The van der Waals surface area contributed by atoms with Gasteiger partial charge in [-0.25, -0.2) is 4.79 Å². The zero-order valence-corrected chi connectivity index (χ0v) is 14.9. The number of nitrogens with one attached hydrogen (secondary N) is 1. The molecule has 1 aromatic heterocycles. The molecular formula is C17H20BrNO4. The number of rotatable bonds is 4. The maximum absolute atomic E-state index is 12.2. The number of carbonyl (C=O) groups excluding carboxylic acids is 1. The van der Waals surface area contributed by atoms with Crippen molar-refractivity contribution < 1.29 is 18.7 Å². The number of fused-ring (bicyclic) bond motifs is 1. The summed E-state index contributed by atoms with van der Waals surface area (Å²) >= 11 is 3.53. The number of methoxy groups -OCH3 is 1. The molecule has 1 saturated heterocycles. The Hall–Kier alpha value is -1.37. The summed E-state index contributed by atoms with van der Waals surface area (Å²) < 4.78 is 17.5. The smallest absolute Gasteiger partial charge is 0.338 e. The van der Waals surface area contributed by atoms with Crippen molar-refractivity contribution in [1.29, 1.82) is 0 Å². The second kappa shape index (κ2) is 7.03. The van der Waals surface area contributed by atoms with E-state index in [1.165, 1.54) is 7.11 Å². The minimum absolute atomic E-state index is 0.0972. The summed E-state index contributed by atoms with van der Waals surface area (Å²) in [7, 11) is 1.40. The molecule has 0 saturated carbocycles. The predicted octanol–water partition coefficient (Wildman–Crippen LogP) is 3.08. The van der Waals surface area contributed by atoms with Gasteiger partial charge in [-0.3, -0.25) is 0 Å². The molecular weight excluding hydrogens is 362 g/mol. The summed E-state index contributed by atoms with van der Waals surface area (Å²) in [6.07, 6.45) is 1.51. The molecule has 124 valence electrons. The van der Waals surface area contributed by atoms with Gasteiger partial charge in [0.05, 0.1) is 25.4 Å². The number of ether oxygens (including phenoxy) is 2. The Labute approximate surface area is 143 Å². The quantitative estimate of drug-likeness (QED) is 0.824. The molecule has 6 heteroatoms. The van der Waals surface area contributed by atoms with E-state index in [-0.39, 0.29) is 12.1 Å². The van der Waals surface area contributed by atoms with Crippen molar-refractivity contribution in [2.45, 2.75) is 25.9 Å². The fraction of sp³-hybridized carbons (Fsp3) is 0.471. The third kappa shape index (κ3) is 3.29. The lowest BCUT2D eigenvalue weighted by atomic mass is 10.0. The van der Waals surface area contributed by atoms with E-state index in [0.717, 1.165) is 40.7 Å². The van der Waals surface area contributed by atoms with Crippen molar-refractivity contribution in [3.05, 3.63) is 33.5 Å². The number of hydrogen-bond donors (Lipinski definition) is 1. The minimum atomic E-state index is -0.337. The Morgan fingerprint density at radius 1 is 1.48 bits per heavy atom. The molecule has 2 heterocycles. The molecule has 3 rings (SSSR count). The van der Waals surface area contributed by atoms with Crippen LogP contribution in [0.3, 0.4) is 0 Å². The average molecular weight is 382 g/mol. The summed E-state index contributed by atoms with van der Waals surface area (Å²) in [6.45, 7) is 4.42. The molecule has 1 N–H and O–H groups in total. The van der Waals surface area contributed by atoms with Gasteiger partial charge < -0.3 is 19.2 Å². The predicted molar refractivity (Wildman–Crippen MR) is 90.9 cm³/mol. The topological polar surface area (TPSA) is 60.7 Å². The van der Waals surface area contributed by atoms with Gasteiger partial charge in [0, 0.05) is 29.4 Å². The van der Waals surface area contributed by atoms with Crippen molar-refractivity contribution in [1.82, 2.24) is 5.32 Å². The first-order chi connectivity index (χ1) is 11.1. The standard InChI is InChI=1S/C17H20BrNO4/c1-3-12-14(18)8-15-13(16(12)17(20)21-2)7-10(23-15)6-11-9-19-4-5-22-11/h7-8,11,19H,3-6,9H2,1-2H3. The summed E-state index contributed by atoms with van der Waals surface area (Å²) in [4.78, 5) is 12.2. The van der Waals surface area contributed by atoms with E-state index in [1.807, 2.05) is 19.1 Å². The van der Waals surface area contributed by atoms with Crippen LogP contribution < -0.4 is 5.32 Å². The van der Waals surface area contributed by atoms with E-state index in [2.05, 4.69) is 21.2 Å². The lowest BCUT2D eigenvalue weighted by Gasteiger charge is -2.22. The fourth-order valence-corrected chi connectivity index (χ4v) is 3.69. The maximum atomic E-state index is 12.2. The molecule has 0 bridgehead atoms. The first kappa shape index (κ1) is 16.5. The summed E-state index contributed by atoms with van der Waals surface area (Å²) in [5.74, 6) is 0.482. The highest BCUT2D eigenvalue weighted by atomic mass is 79.9. The number of halogens is 1. The fourth-order valence-electron chi connectivity index (χ4n) is 3.00. The van der Waals surface area contributed by atoms with E-state index in [0.29, 0.717) is 24.2 Å². The molecule has 1 fully saturated rings. The van der Waals surface area contributed by atoms with Gasteiger partial charge in [0.1, 0.15) is 11.3 Å². The Bertz CT molecular complexity index is 719. The SMILES string of the molecule is CCc1c(Br)cc2oc(CC3CNCCO3)cc2c1C(=O)OC. The lowest BCUT2D eigenvalue weighted by molar-refractivity contribution is 0.0265. The second-order valence-corrected chi connectivity index (χ2v) is 6.44. The third-order valence-electron chi connectivity index (χ3n) is 4.11. The Kier molecular flexibility index (Phi) is 5.04. The number of hydrogen-bond acceptors (Lipinski definition) is 5. The molecule has 2 aromatic rings. The Morgan fingerprint density at radius 3 is 2.96 bits per heavy atom. The molecule has 0 amide bonds. The van der Waals surface area contributed by atoms with E-state index < -0.39 is 0 Å². The average Bonchev–Trinajstić information content (AvgIpc) is 2.95. The van der Waals surface area contributed by atoms with Crippen LogP contribution in [0.5, 0.6) is 0 Å². The number of esters is 1. The van der Waals surface area contributed by atoms with Crippen LogP contribution in [0.25, 0.3) is 11.0 Å². The molecule has 0 spiro atoms. The van der Waals surface area contributed by atoms with Crippen LogP contribution in [0, 0.1) is 0 Å². The molecule has 5 nitrogen and oxygen atoms in total. The first-order valence-electron chi connectivity index (χ1n) is 7.78. The second-order valence-electron chi connectivity index (χ2n) is 5.58. The van der Waals surface area contributed by atoms with Gasteiger partial charge in [0.2, 0.25) is 0 Å². The molecule has 1 unspecified atom stereocenters. The highest BCUT2D eigenvalue weighted by molar-refractivity contribution is 9.10. The van der Waals surface area contributed by atoms with Crippen LogP contribution in [-0.2, 0) is 22.3 Å². The molecule has 1 aromatic carbocycles. The van der Waals surface area contributed by atoms with Crippen molar-refractivity contribution >= 4 is 32.9 Å². The largest absolute Gasteiger partial charge is 0.465 e. The third-order valence-corrected chi connectivity index (χ3v) is 4.81. The van der Waals surface area contributed by atoms with E-state index in [4.69, 9.17) is 13.9 Å². The zero-order chi connectivity index (χ0) is 16.4. The van der Waals surface area contributed by atoms with E-state index in [9.17, 15) is 4.79 Å². The van der Waals surface area contributed by atoms with Crippen molar-refractivity contribution in [2.24, 2.45) is 0 Å². The van der Waals surface area contributed by atoms with Gasteiger partial charge in [-0.15, -0.1) is 0 Å². The number of carbonyl (C=O) groups is 1. The Balaban J connectivity index is 2.02. The number of benzene rings is 1. The Morgan fingerprint density at radius 2 is 2.30 bits per heavy atom. The highest BCUT2D eigenvalue weighted by Gasteiger charge is 2.22. The zero-order valence-electron chi connectivity index (χ0n) is 13.3. The lowest BCUT2D eigenvalue weighted by Crippen LogP contribution is -2.39. The minimum Gasteiger partial charge on any atom is -0.465 e. The van der Waals surface area contributed by atoms with Crippen molar-refractivity contribution in [3.63, 3.8) is 0 Å². The molecule has 0 aliphatic carbocycles. The van der Waals surface area contributed by atoms with Crippen LogP contribution in [0.15, 0.2) is 21.0 Å². The number of furan rings is 1. The van der Waals surface area contributed by atoms with E-state index in [1.54, 1.807) is 0 Å². The van der Waals surface area contributed by atoms with Crippen LogP contribution in [0.2, 0.25) is 0 Å². The first-order valence-corrected chi connectivity index (χ1v) is 8.57. The van der Waals surface area contributed by atoms with Gasteiger partial charge in [0.25, 0.3) is 0 Å².